The Morgan fingerprint density at radius 2 is 1.00 bits per heavy atom. The van der Waals surface area contributed by atoms with Crippen LogP contribution in [0.15, 0.2) is 91.0 Å². The van der Waals surface area contributed by atoms with Gasteiger partial charge in [-0.2, -0.15) is 0 Å². The molecule has 0 bridgehead atoms. The number of nitrogens with two attached hydrogens (primary N) is 1. The molecular weight excluding hydrogens is 440 g/mol. The second-order valence-electron chi connectivity index (χ2n) is 5.38. The summed E-state index contributed by atoms with van der Waals surface area (Å²) in [5, 5.41) is 20.2. The Balaban J connectivity index is 0.000000416. The van der Waals surface area contributed by atoms with Crippen molar-refractivity contribution in [3.05, 3.63) is 102 Å². The number of hydrogen-bond acceptors (Lipinski definition) is 6. The first-order valence-electron chi connectivity index (χ1n) is 8.39. The van der Waals surface area contributed by atoms with Gasteiger partial charge in [0.25, 0.3) is 5.91 Å². The molecule has 0 radical (unpaired) electrons. The minimum atomic E-state index is -1.13. The number of rotatable bonds is 5. The summed E-state index contributed by atoms with van der Waals surface area (Å²) in [5.41, 5.74) is 5.32. The van der Waals surface area contributed by atoms with Gasteiger partial charge < -0.3 is 30.3 Å². The van der Waals surface area contributed by atoms with Gasteiger partial charge in [-0.15, -0.1) is 0 Å². The molecule has 1 amide bonds. The third-order valence-corrected chi connectivity index (χ3v) is 3.14. The van der Waals surface area contributed by atoms with Gasteiger partial charge in [-0.1, -0.05) is 78.9 Å². The minimum Gasteiger partial charge on any atom is -0.545 e. The maximum Gasteiger partial charge on any atom is 2.00 e. The van der Waals surface area contributed by atoms with Crippen molar-refractivity contribution in [3.63, 3.8) is 0 Å². The maximum absolute atomic E-state index is 10.3. The smallest absolute Gasteiger partial charge is 0.545 e. The summed E-state index contributed by atoms with van der Waals surface area (Å²) >= 11 is 0. The molecule has 30 heavy (non-hydrogen) atoms. The summed E-state index contributed by atoms with van der Waals surface area (Å²) in [4.78, 5) is 30.4. The van der Waals surface area contributed by atoms with Gasteiger partial charge in [0.1, 0.15) is 5.75 Å². The third-order valence-electron chi connectivity index (χ3n) is 3.14. The van der Waals surface area contributed by atoms with Gasteiger partial charge in [0.2, 0.25) is 0 Å². The first kappa shape index (κ1) is 26.5. The van der Waals surface area contributed by atoms with E-state index in [0.29, 0.717) is 5.75 Å². The fraction of sp³-hybridized carbons (Fsp3) is 0.0455. The number of carbonyl (C=O) groups is 3. The Hall–Kier alpha value is -3.51. The molecule has 8 heteroatoms. The Labute approximate surface area is 186 Å². The van der Waals surface area contributed by atoms with Gasteiger partial charge in [-0.25, -0.2) is 0 Å². The number of aromatic carboxylic acids is 2. The summed E-state index contributed by atoms with van der Waals surface area (Å²) in [6, 6.07) is 25.2. The van der Waals surface area contributed by atoms with Crippen molar-refractivity contribution in [2.24, 2.45) is 5.73 Å². The monoisotopic (exact) mass is 457 g/mol. The quantitative estimate of drug-likeness (QED) is 0.558. The first-order chi connectivity index (χ1) is 13.9. The predicted molar refractivity (Wildman–Crippen MR) is 103 cm³/mol. The number of carboxylic acids is 2. The Morgan fingerprint density at radius 1 is 0.667 bits per heavy atom. The van der Waals surface area contributed by atoms with Gasteiger partial charge in [-0.3, -0.25) is 4.79 Å². The fourth-order valence-corrected chi connectivity index (χ4v) is 1.82. The van der Waals surface area contributed by atoms with Crippen LogP contribution in [0.5, 0.6) is 5.75 Å². The molecule has 0 heterocycles. The van der Waals surface area contributed by atoms with Crippen LogP contribution in [0.25, 0.3) is 0 Å². The Bertz CT molecular complexity index is 840. The van der Waals surface area contributed by atoms with Crippen LogP contribution >= 0.6 is 0 Å². The third kappa shape index (κ3) is 12.1. The van der Waals surface area contributed by atoms with E-state index >= 15 is 0 Å². The van der Waals surface area contributed by atoms with Gasteiger partial charge in [0.15, 0.2) is 6.61 Å². The average Bonchev–Trinajstić information content (AvgIpc) is 2.75. The van der Waals surface area contributed by atoms with E-state index in [0.717, 1.165) is 0 Å². The zero-order valence-corrected chi connectivity index (χ0v) is 19.1. The van der Waals surface area contributed by atoms with Gasteiger partial charge in [-0.05, 0) is 23.3 Å². The van der Waals surface area contributed by atoms with E-state index in [4.69, 9.17) is 10.5 Å². The fourth-order valence-electron chi connectivity index (χ4n) is 1.82. The predicted octanol–water partition coefficient (Wildman–Crippen LogP) is 0.648. The van der Waals surface area contributed by atoms with Crippen LogP contribution in [0.1, 0.15) is 20.7 Å². The van der Waals surface area contributed by atoms with Crippen molar-refractivity contribution in [3.8, 4) is 5.75 Å². The van der Waals surface area contributed by atoms with Crippen LogP contribution in [-0.2, 0) is 24.3 Å². The van der Waals surface area contributed by atoms with Crippen molar-refractivity contribution < 1.29 is 48.8 Å². The SMILES string of the molecule is NC(=O)COc1ccccc1.O=C([O-])c1ccccc1.O=C([O-])c1ccccc1.[Zn+2]. The molecule has 150 valence electrons. The minimum absolute atomic E-state index is 0. The zero-order valence-electron chi connectivity index (χ0n) is 16.1. The molecule has 0 atom stereocenters. The van der Waals surface area contributed by atoms with E-state index in [2.05, 4.69) is 0 Å². The Kier molecular flexibility index (Phi) is 13.6. The molecule has 0 saturated heterocycles. The molecule has 0 saturated carbocycles. The molecule has 3 aromatic rings. The number of carboxylic acid groups (broad SMARTS) is 2. The summed E-state index contributed by atoms with van der Waals surface area (Å²) in [5.74, 6) is -2.06. The van der Waals surface area contributed by atoms with Crippen LogP contribution < -0.4 is 20.7 Å². The van der Waals surface area contributed by atoms with E-state index in [-0.39, 0.29) is 37.2 Å². The molecule has 0 aliphatic rings. The van der Waals surface area contributed by atoms with E-state index in [9.17, 15) is 24.6 Å². The van der Waals surface area contributed by atoms with Crippen molar-refractivity contribution >= 4 is 17.8 Å². The number of carbonyl (C=O) groups excluding carboxylic acids is 3. The number of primary amides is 1. The Morgan fingerprint density at radius 3 is 1.27 bits per heavy atom. The molecule has 0 spiro atoms. The molecule has 0 fully saturated rings. The summed E-state index contributed by atoms with van der Waals surface area (Å²) < 4.78 is 4.99. The number of para-hydroxylation sites is 1. The molecule has 0 unspecified atom stereocenters. The largest absolute Gasteiger partial charge is 2.00 e. The number of amides is 1. The second kappa shape index (κ2) is 15.4. The summed E-state index contributed by atoms with van der Waals surface area (Å²) in [7, 11) is 0. The van der Waals surface area contributed by atoms with E-state index in [1.54, 1.807) is 48.5 Å². The van der Waals surface area contributed by atoms with E-state index < -0.39 is 17.8 Å². The maximum atomic E-state index is 10.3. The van der Waals surface area contributed by atoms with Crippen LogP contribution in [0, 0.1) is 0 Å². The first-order valence-corrected chi connectivity index (χ1v) is 8.39. The normalized spacial score (nSPS) is 8.67. The zero-order chi connectivity index (χ0) is 21.5. The van der Waals surface area contributed by atoms with Crippen LogP contribution in [0.2, 0.25) is 0 Å². The second-order valence-corrected chi connectivity index (χ2v) is 5.38. The topological polar surface area (TPSA) is 133 Å². The van der Waals surface area contributed by atoms with Crippen LogP contribution in [0.4, 0.5) is 0 Å². The van der Waals surface area contributed by atoms with Crippen LogP contribution in [0.3, 0.4) is 0 Å². The van der Waals surface area contributed by atoms with Crippen molar-refractivity contribution in [1.82, 2.24) is 0 Å². The number of hydrogen-bond donors (Lipinski definition) is 1. The van der Waals surface area contributed by atoms with Crippen LogP contribution in [-0.4, -0.2) is 24.5 Å². The molecule has 7 nitrogen and oxygen atoms in total. The molecular formula is C22H19NO6Zn. The number of ether oxygens (including phenoxy) is 1. The molecule has 2 N–H and O–H groups in total. The molecule has 0 aromatic heterocycles. The standard InChI is InChI=1S/C8H9NO2.2C7H6O2.Zn/c9-8(10)6-11-7-4-2-1-3-5-7;2*8-7(9)6-4-2-1-3-5-6;/h1-5H,6H2,(H2,9,10);2*1-5H,(H,8,9);/q;;;+2/p-2. The average molecular weight is 459 g/mol. The summed E-state index contributed by atoms with van der Waals surface area (Å²) in [6.07, 6.45) is 0. The molecule has 3 rings (SSSR count). The van der Waals surface area contributed by atoms with Crippen molar-refractivity contribution in [2.75, 3.05) is 6.61 Å². The van der Waals surface area contributed by atoms with Gasteiger partial charge in [0, 0.05) is 0 Å². The van der Waals surface area contributed by atoms with Gasteiger partial charge in [0.05, 0.1) is 11.9 Å². The molecule has 3 aromatic carbocycles. The van der Waals surface area contributed by atoms with Gasteiger partial charge >= 0.3 is 19.5 Å². The molecule has 0 aliphatic heterocycles. The van der Waals surface area contributed by atoms with E-state index in [1.807, 2.05) is 18.2 Å². The van der Waals surface area contributed by atoms with E-state index in [1.165, 1.54) is 24.3 Å². The molecule has 0 aliphatic carbocycles. The summed E-state index contributed by atoms with van der Waals surface area (Å²) in [6.45, 7) is -0.0655. The van der Waals surface area contributed by atoms with Crippen molar-refractivity contribution in [2.45, 2.75) is 0 Å². The van der Waals surface area contributed by atoms with Crippen molar-refractivity contribution in [1.29, 1.82) is 0 Å². The number of benzene rings is 3.